The van der Waals surface area contributed by atoms with Crippen molar-refractivity contribution in [2.75, 3.05) is 39.0 Å². The van der Waals surface area contributed by atoms with Crippen LogP contribution in [0.1, 0.15) is 40.0 Å². The van der Waals surface area contributed by atoms with Crippen LogP contribution in [0.5, 0.6) is 0 Å². The predicted octanol–water partition coefficient (Wildman–Crippen LogP) is 2.80. The number of likely N-dealkylation sites (N-methyl/N-ethyl adjacent to an activating group) is 1. The Morgan fingerprint density at radius 2 is 1.96 bits per heavy atom. The van der Waals surface area contributed by atoms with Crippen LogP contribution < -0.4 is 16.0 Å². The standard InChI is InChI=1S/C22H28N4O/c1-26(2)13-12-24-22(27)16-8-9-19-18(14-16)21-17(10-11-23-21)20(25-19)15-6-4-3-5-7-15/h3-9,14,17,20-21,23,25H,10-13H2,1-2H3,(H,24,27)/t17-,20?,21-/m0/s1. The molecule has 2 aliphatic rings. The Bertz CT molecular complexity index is 805. The summed E-state index contributed by atoms with van der Waals surface area (Å²) in [4.78, 5) is 14.6. The van der Waals surface area contributed by atoms with E-state index in [-0.39, 0.29) is 5.91 Å². The third-order valence-electron chi connectivity index (χ3n) is 5.66. The molecule has 0 saturated carbocycles. The fourth-order valence-electron chi connectivity index (χ4n) is 4.28. The highest BCUT2D eigenvalue weighted by molar-refractivity contribution is 5.95. The van der Waals surface area contributed by atoms with E-state index in [0.717, 1.165) is 30.8 Å². The molecule has 2 heterocycles. The van der Waals surface area contributed by atoms with Gasteiger partial charge in [0.15, 0.2) is 0 Å². The van der Waals surface area contributed by atoms with Crippen molar-refractivity contribution in [2.24, 2.45) is 5.92 Å². The maximum Gasteiger partial charge on any atom is 0.251 e. The normalized spacial score (nSPS) is 23.4. The Morgan fingerprint density at radius 3 is 2.74 bits per heavy atom. The second kappa shape index (κ2) is 7.71. The molecule has 142 valence electrons. The summed E-state index contributed by atoms with van der Waals surface area (Å²) in [6.45, 7) is 2.50. The van der Waals surface area contributed by atoms with Crippen molar-refractivity contribution < 1.29 is 4.79 Å². The quantitative estimate of drug-likeness (QED) is 0.764. The molecule has 1 fully saturated rings. The zero-order valence-electron chi connectivity index (χ0n) is 16.0. The molecule has 0 radical (unpaired) electrons. The van der Waals surface area contributed by atoms with Gasteiger partial charge < -0.3 is 20.9 Å². The molecule has 3 atom stereocenters. The van der Waals surface area contributed by atoms with Crippen LogP contribution in [-0.4, -0.2) is 44.5 Å². The van der Waals surface area contributed by atoms with Crippen molar-refractivity contribution in [1.29, 1.82) is 0 Å². The molecule has 0 aliphatic carbocycles. The smallest absolute Gasteiger partial charge is 0.251 e. The number of fused-ring (bicyclic) bond motifs is 3. The number of nitrogens with one attached hydrogen (secondary N) is 3. The van der Waals surface area contributed by atoms with E-state index in [1.807, 2.05) is 20.2 Å². The molecule has 1 amide bonds. The van der Waals surface area contributed by atoms with Crippen LogP contribution in [0, 0.1) is 5.92 Å². The molecular formula is C22H28N4O. The van der Waals surface area contributed by atoms with Crippen LogP contribution in [-0.2, 0) is 0 Å². The van der Waals surface area contributed by atoms with E-state index in [1.165, 1.54) is 11.1 Å². The lowest BCUT2D eigenvalue weighted by Crippen LogP contribution is -2.34. The molecule has 3 N–H and O–H groups in total. The van der Waals surface area contributed by atoms with E-state index in [9.17, 15) is 4.79 Å². The molecule has 1 unspecified atom stereocenters. The van der Waals surface area contributed by atoms with E-state index in [2.05, 4.69) is 63.3 Å². The third kappa shape index (κ3) is 3.70. The van der Waals surface area contributed by atoms with E-state index in [0.29, 0.717) is 24.5 Å². The van der Waals surface area contributed by atoms with Gasteiger partial charge in [0.2, 0.25) is 0 Å². The molecule has 1 saturated heterocycles. The molecule has 0 bridgehead atoms. The number of amides is 1. The van der Waals surface area contributed by atoms with Gasteiger partial charge >= 0.3 is 0 Å². The van der Waals surface area contributed by atoms with Crippen LogP contribution >= 0.6 is 0 Å². The number of hydrogen-bond acceptors (Lipinski definition) is 4. The Balaban J connectivity index is 1.57. The fourth-order valence-corrected chi connectivity index (χ4v) is 4.28. The molecule has 2 aliphatic heterocycles. The SMILES string of the molecule is CN(C)CCNC(=O)c1ccc2c(c1)[C@H]1NCC[C@H]1C(c1ccccc1)N2. The number of anilines is 1. The van der Waals surface area contributed by atoms with E-state index in [4.69, 9.17) is 0 Å². The summed E-state index contributed by atoms with van der Waals surface area (Å²) >= 11 is 0. The number of benzene rings is 2. The molecule has 5 nitrogen and oxygen atoms in total. The van der Waals surface area contributed by atoms with E-state index >= 15 is 0 Å². The van der Waals surface area contributed by atoms with Gasteiger partial charge in [-0.05, 0) is 56.4 Å². The Morgan fingerprint density at radius 1 is 1.15 bits per heavy atom. The van der Waals surface area contributed by atoms with E-state index in [1.54, 1.807) is 0 Å². The summed E-state index contributed by atoms with van der Waals surface area (Å²) in [6, 6.07) is 17.3. The number of rotatable bonds is 5. The molecule has 0 aromatic heterocycles. The lowest BCUT2D eigenvalue weighted by molar-refractivity contribution is 0.0951. The van der Waals surface area contributed by atoms with Gasteiger partial charge in [0.1, 0.15) is 0 Å². The van der Waals surface area contributed by atoms with Crippen molar-refractivity contribution in [3.63, 3.8) is 0 Å². The second-order valence-electron chi connectivity index (χ2n) is 7.78. The highest BCUT2D eigenvalue weighted by Crippen LogP contribution is 2.47. The van der Waals surface area contributed by atoms with Crippen molar-refractivity contribution in [3.05, 3.63) is 65.2 Å². The maximum absolute atomic E-state index is 12.5. The van der Waals surface area contributed by atoms with Gasteiger partial charge in [0, 0.05) is 36.3 Å². The summed E-state index contributed by atoms with van der Waals surface area (Å²) < 4.78 is 0. The van der Waals surface area contributed by atoms with Gasteiger partial charge in [0.05, 0.1) is 6.04 Å². The molecule has 5 heteroatoms. The minimum absolute atomic E-state index is 0.000574. The highest BCUT2D eigenvalue weighted by atomic mass is 16.1. The largest absolute Gasteiger partial charge is 0.378 e. The average molecular weight is 364 g/mol. The number of carbonyl (C=O) groups is 1. The predicted molar refractivity (Wildman–Crippen MR) is 109 cm³/mol. The Labute approximate surface area is 161 Å². The van der Waals surface area contributed by atoms with Crippen LogP contribution in [0.2, 0.25) is 0 Å². The van der Waals surface area contributed by atoms with Gasteiger partial charge in [-0.1, -0.05) is 30.3 Å². The van der Waals surface area contributed by atoms with E-state index < -0.39 is 0 Å². The first-order valence-corrected chi connectivity index (χ1v) is 9.75. The monoisotopic (exact) mass is 364 g/mol. The van der Waals surface area contributed by atoms with Crippen LogP contribution in [0.3, 0.4) is 0 Å². The summed E-state index contributed by atoms with van der Waals surface area (Å²) in [5.74, 6) is 0.492. The van der Waals surface area contributed by atoms with Crippen molar-refractivity contribution in [2.45, 2.75) is 18.5 Å². The topological polar surface area (TPSA) is 56.4 Å². The van der Waals surface area contributed by atoms with Crippen molar-refractivity contribution in [1.82, 2.24) is 15.5 Å². The first kappa shape index (κ1) is 18.0. The van der Waals surface area contributed by atoms with Crippen molar-refractivity contribution in [3.8, 4) is 0 Å². The lowest BCUT2D eigenvalue weighted by Gasteiger charge is -2.37. The van der Waals surface area contributed by atoms with Gasteiger partial charge in [-0.15, -0.1) is 0 Å². The van der Waals surface area contributed by atoms with Crippen molar-refractivity contribution >= 4 is 11.6 Å². The zero-order valence-corrected chi connectivity index (χ0v) is 16.0. The highest BCUT2D eigenvalue weighted by Gasteiger charge is 2.40. The summed E-state index contributed by atoms with van der Waals surface area (Å²) in [5.41, 5.74) is 4.40. The molecule has 4 rings (SSSR count). The molecule has 27 heavy (non-hydrogen) atoms. The summed E-state index contributed by atoms with van der Waals surface area (Å²) in [6.07, 6.45) is 1.13. The van der Waals surface area contributed by atoms with Gasteiger partial charge in [-0.2, -0.15) is 0 Å². The summed E-state index contributed by atoms with van der Waals surface area (Å²) in [5, 5.41) is 10.4. The van der Waals surface area contributed by atoms with Gasteiger partial charge in [-0.3, -0.25) is 4.79 Å². The first-order chi connectivity index (χ1) is 13.1. The first-order valence-electron chi connectivity index (χ1n) is 9.75. The van der Waals surface area contributed by atoms with Gasteiger partial charge in [0.25, 0.3) is 5.91 Å². The Kier molecular flexibility index (Phi) is 5.14. The van der Waals surface area contributed by atoms with Crippen LogP contribution in [0.25, 0.3) is 0 Å². The second-order valence-corrected chi connectivity index (χ2v) is 7.78. The summed E-state index contributed by atoms with van der Waals surface area (Å²) in [7, 11) is 4.01. The minimum Gasteiger partial charge on any atom is -0.378 e. The third-order valence-corrected chi connectivity index (χ3v) is 5.66. The van der Waals surface area contributed by atoms with Crippen LogP contribution in [0.4, 0.5) is 5.69 Å². The van der Waals surface area contributed by atoms with Gasteiger partial charge in [-0.25, -0.2) is 0 Å². The molecular weight excluding hydrogens is 336 g/mol. The average Bonchev–Trinajstić information content (AvgIpc) is 3.17. The maximum atomic E-state index is 12.5. The molecule has 2 aromatic rings. The molecule has 0 spiro atoms. The number of hydrogen-bond donors (Lipinski definition) is 3. The fraction of sp³-hybridized carbons (Fsp3) is 0.409. The van der Waals surface area contributed by atoms with Crippen LogP contribution in [0.15, 0.2) is 48.5 Å². The Hall–Kier alpha value is -2.37. The lowest BCUT2D eigenvalue weighted by atomic mass is 9.80. The zero-order chi connectivity index (χ0) is 18.8. The number of carbonyl (C=O) groups excluding carboxylic acids is 1. The number of nitrogens with zero attached hydrogens (tertiary/aromatic N) is 1. The minimum atomic E-state index is -0.000574. The molecule has 2 aromatic carbocycles.